The lowest BCUT2D eigenvalue weighted by atomic mass is 10.1. The molecule has 0 N–H and O–H groups in total. The molecule has 9 heteroatoms. The first-order valence-electron chi connectivity index (χ1n) is 5.89. The highest BCUT2D eigenvalue weighted by molar-refractivity contribution is 7.89. The number of rotatable bonds is 5. The highest BCUT2D eigenvalue weighted by atomic mass is 35.5. The van der Waals surface area contributed by atoms with Crippen molar-refractivity contribution < 1.29 is 22.7 Å². The maximum Gasteiger partial charge on any atom is 0.245 e. The molecule has 1 atom stereocenters. The molecule has 0 spiro atoms. The van der Waals surface area contributed by atoms with Crippen molar-refractivity contribution in [1.29, 1.82) is 0 Å². The summed E-state index contributed by atoms with van der Waals surface area (Å²) in [6.45, 7) is 0.247. The van der Waals surface area contributed by atoms with E-state index in [1.165, 1.54) is 24.3 Å². The van der Waals surface area contributed by atoms with Crippen molar-refractivity contribution in [3.8, 4) is 0 Å². The van der Waals surface area contributed by atoms with Gasteiger partial charge in [-0.15, -0.1) is 0 Å². The van der Waals surface area contributed by atoms with E-state index in [1.807, 2.05) is 0 Å². The van der Waals surface area contributed by atoms with Gasteiger partial charge in [-0.05, 0) is 24.3 Å². The van der Waals surface area contributed by atoms with Crippen molar-refractivity contribution in [3.05, 3.63) is 29.8 Å². The van der Waals surface area contributed by atoms with Gasteiger partial charge in [-0.1, -0.05) is 23.2 Å². The smallest absolute Gasteiger partial charge is 0.245 e. The molecule has 1 aromatic rings. The predicted octanol–water partition coefficient (Wildman–Crippen LogP) is 1.22. The number of ketones is 1. The van der Waals surface area contributed by atoms with Gasteiger partial charge in [-0.3, -0.25) is 9.59 Å². The van der Waals surface area contributed by atoms with Crippen LogP contribution in [0.25, 0.3) is 0 Å². The van der Waals surface area contributed by atoms with Gasteiger partial charge >= 0.3 is 0 Å². The van der Waals surface area contributed by atoms with Crippen LogP contribution in [0.4, 0.5) is 0 Å². The fourth-order valence-electron chi connectivity index (χ4n) is 1.89. The number of hydrogen-bond donors (Lipinski definition) is 0. The van der Waals surface area contributed by atoms with Gasteiger partial charge in [0, 0.05) is 12.1 Å². The Bertz CT molecular complexity index is 644. The number of hydrogen-bond acceptors (Lipinski definition) is 5. The summed E-state index contributed by atoms with van der Waals surface area (Å²) in [5.41, 5.74) is 0.202. The van der Waals surface area contributed by atoms with Gasteiger partial charge in [0.25, 0.3) is 0 Å². The second-order valence-electron chi connectivity index (χ2n) is 4.20. The first kappa shape index (κ1) is 16.4. The minimum atomic E-state index is -3.86. The molecule has 1 fully saturated rings. The molecule has 1 saturated heterocycles. The number of carbonyl (C=O) groups excluding carboxylic acids is 2. The molecule has 0 saturated carbocycles. The minimum Gasteiger partial charge on any atom is -0.354 e. The van der Waals surface area contributed by atoms with Crippen LogP contribution in [0.1, 0.15) is 10.4 Å². The third-order valence-corrected chi connectivity index (χ3v) is 5.22. The number of aldehydes is 1. The van der Waals surface area contributed by atoms with Crippen molar-refractivity contribution >= 4 is 45.3 Å². The second-order valence-corrected chi connectivity index (χ2v) is 7.19. The van der Waals surface area contributed by atoms with Crippen LogP contribution >= 0.6 is 23.2 Å². The van der Waals surface area contributed by atoms with Crippen molar-refractivity contribution in [2.75, 3.05) is 13.2 Å². The zero-order valence-electron chi connectivity index (χ0n) is 10.6. The van der Waals surface area contributed by atoms with Crippen molar-refractivity contribution in [1.82, 2.24) is 4.31 Å². The third kappa shape index (κ3) is 3.27. The Labute approximate surface area is 131 Å². The molecule has 1 aromatic carbocycles. The average Bonchev–Trinajstić information content (AvgIpc) is 2.95. The van der Waals surface area contributed by atoms with Gasteiger partial charge in [0.2, 0.25) is 10.0 Å². The Kier molecular flexibility index (Phi) is 5.00. The largest absolute Gasteiger partial charge is 0.354 e. The number of nitrogens with zero attached hydrogens (tertiary/aromatic N) is 1. The van der Waals surface area contributed by atoms with E-state index in [0.29, 0.717) is 6.29 Å². The summed E-state index contributed by atoms with van der Waals surface area (Å²) < 4.78 is 30.7. The highest BCUT2D eigenvalue weighted by Crippen LogP contribution is 2.22. The molecule has 0 aromatic heterocycles. The summed E-state index contributed by atoms with van der Waals surface area (Å²) in [5, 5.41) is 0. The quantitative estimate of drug-likeness (QED) is 0.452. The Balaban J connectivity index is 2.29. The summed E-state index contributed by atoms with van der Waals surface area (Å²) in [4.78, 5) is 21.1. The Morgan fingerprint density at radius 3 is 2.48 bits per heavy atom. The van der Waals surface area contributed by atoms with E-state index in [4.69, 9.17) is 27.9 Å². The van der Waals surface area contributed by atoms with E-state index < -0.39 is 26.9 Å². The monoisotopic (exact) mass is 351 g/mol. The lowest BCUT2D eigenvalue weighted by Crippen LogP contribution is -2.37. The van der Waals surface area contributed by atoms with E-state index >= 15 is 0 Å². The molecule has 0 amide bonds. The normalized spacial score (nSPS) is 19.9. The summed E-state index contributed by atoms with van der Waals surface area (Å²) >= 11 is 10.9. The fourth-order valence-corrected chi connectivity index (χ4v) is 3.59. The van der Waals surface area contributed by atoms with Gasteiger partial charge < -0.3 is 4.74 Å². The molecule has 0 bridgehead atoms. The van der Waals surface area contributed by atoms with Crippen molar-refractivity contribution in [2.45, 2.75) is 16.0 Å². The summed E-state index contributed by atoms with van der Waals surface area (Å²) in [7, 11) is -3.86. The molecule has 114 valence electrons. The number of benzene rings is 1. The molecule has 2 rings (SSSR count). The molecule has 1 aliphatic rings. The van der Waals surface area contributed by atoms with Gasteiger partial charge in [0.15, 0.2) is 23.1 Å². The number of alkyl halides is 2. The molecule has 0 aliphatic carbocycles. The second kappa shape index (κ2) is 6.41. The van der Waals surface area contributed by atoms with Crippen LogP contribution in [0.5, 0.6) is 0 Å². The molecule has 1 aliphatic heterocycles. The molecule has 1 heterocycles. The average molecular weight is 352 g/mol. The van der Waals surface area contributed by atoms with Crippen molar-refractivity contribution in [2.24, 2.45) is 0 Å². The topological polar surface area (TPSA) is 80.8 Å². The number of sulfonamides is 1. The SMILES string of the molecule is O=CC1OCCN1S(=O)(=O)c1ccc(C(=O)C(Cl)Cl)cc1. The maximum atomic E-state index is 12.4. The van der Waals surface area contributed by atoms with Crippen LogP contribution in [0, 0.1) is 0 Å². The van der Waals surface area contributed by atoms with Gasteiger partial charge in [0.05, 0.1) is 11.5 Å². The molecular formula is C12H11Cl2NO5S. The summed E-state index contributed by atoms with van der Waals surface area (Å²) in [6, 6.07) is 5.16. The lowest BCUT2D eigenvalue weighted by molar-refractivity contribution is -0.118. The standard InChI is InChI=1S/C12H11Cl2NO5S/c13-12(14)11(17)8-1-3-9(4-2-8)21(18,19)15-5-6-20-10(15)7-16/h1-4,7,10,12H,5-6H2. The van der Waals surface area contributed by atoms with E-state index in [2.05, 4.69) is 0 Å². The van der Waals surface area contributed by atoms with E-state index in [-0.39, 0.29) is 23.6 Å². The minimum absolute atomic E-state index is 0.0444. The molecule has 21 heavy (non-hydrogen) atoms. The Morgan fingerprint density at radius 2 is 1.95 bits per heavy atom. The van der Waals surface area contributed by atoms with Gasteiger partial charge in [0.1, 0.15) is 0 Å². The molecule has 1 unspecified atom stereocenters. The van der Waals surface area contributed by atoms with Gasteiger partial charge in [-0.2, -0.15) is 4.31 Å². The number of ether oxygens (including phenoxy) is 1. The van der Waals surface area contributed by atoms with Crippen LogP contribution in [0.15, 0.2) is 29.2 Å². The summed E-state index contributed by atoms with van der Waals surface area (Å²) in [5.74, 6) is -0.516. The number of halogens is 2. The molecule has 0 radical (unpaired) electrons. The Morgan fingerprint density at radius 1 is 1.33 bits per heavy atom. The predicted molar refractivity (Wildman–Crippen MR) is 76.0 cm³/mol. The summed E-state index contributed by atoms with van der Waals surface area (Å²) in [6.07, 6.45) is -0.694. The molecular weight excluding hydrogens is 341 g/mol. The van der Waals surface area contributed by atoms with Crippen LogP contribution in [0.3, 0.4) is 0 Å². The fraction of sp³-hybridized carbons (Fsp3) is 0.333. The van der Waals surface area contributed by atoms with Crippen molar-refractivity contribution in [3.63, 3.8) is 0 Å². The van der Waals surface area contributed by atoms with Crippen LogP contribution < -0.4 is 0 Å². The zero-order chi connectivity index (χ0) is 15.6. The van der Waals surface area contributed by atoms with Crippen LogP contribution in [-0.4, -0.2) is 49.0 Å². The highest BCUT2D eigenvalue weighted by Gasteiger charge is 2.36. The molecule has 6 nitrogen and oxygen atoms in total. The first-order valence-corrected chi connectivity index (χ1v) is 8.20. The van der Waals surface area contributed by atoms with Gasteiger partial charge in [-0.25, -0.2) is 8.42 Å². The van der Waals surface area contributed by atoms with E-state index in [9.17, 15) is 18.0 Å². The zero-order valence-corrected chi connectivity index (χ0v) is 12.9. The van der Waals surface area contributed by atoms with E-state index in [1.54, 1.807) is 0 Å². The first-order chi connectivity index (χ1) is 9.87. The van der Waals surface area contributed by atoms with Crippen LogP contribution in [0.2, 0.25) is 0 Å². The third-order valence-electron chi connectivity index (χ3n) is 2.94. The van der Waals surface area contributed by atoms with Crippen LogP contribution in [-0.2, 0) is 19.6 Å². The van der Waals surface area contributed by atoms with E-state index in [0.717, 1.165) is 4.31 Å². The Hall–Kier alpha value is -0.990. The maximum absolute atomic E-state index is 12.4. The number of Topliss-reactive ketones (excluding diaryl/α,β-unsaturated/α-hetero) is 1. The number of carbonyl (C=O) groups is 2. The lowest BCUT2D eigenvalue weighted by Gasteiger charge is -2.18.